The smallest absolute Gasteiger partial charge is 0.411 e. The molecule has 0 fully saturated rings. The highest BCUT2D eigenvalue weighted by atomic mass is 16.5. The van der Waals surface area contributed by atoms with Gasteiger partial charge >= 0.3 is 12.1 Å². The van der Waals surface area contributed by atoms with Gasteiger partial charge in [-0.25, -0.2) is 9.59 Å². The van der Waals surface area contributed by atoms with E-state index in [1.54, 1.807) is 0 Å². The summed E-state index contributed by atoms with van der Waals surface area (Å²) in [4.78, 5) is 36.1. The van der Waals surface area contributed by atoms with Crippen molar-refractivity contribution in [3.63, 3.8) is 0 Å². The fraction of sp³-hybridized carbons (Fsp3) is 0.208. The molecule has 3 aromatic rings. The van der Waals surface area contributed by atoms with E-state index >= 15 is 0 Å². The summed E-state index contributed by atoms with van der Waals surface area (Å²) in [5.74, 6) is -2.53. The number of furan rings is 1. The molecule has 4 N–H and O–H groups in total. The lowest BCUT2D eigenvalue weighted by molar-refractivity contribution is -0.139. The zero-order valence-electron chi connectivity index (χ0n) is 17.5. The number of rotatable bonds is 8. The van der Waals surface area contributed by atoms with Gasteiger partial charge in [0, 0.05) is 25.0 Å². The topological polar surface area (TPSA) is 138 Å². The van der Waals surface area contributed by atoms with E-state index in [-0.39, 0.29) is 30.4 Å². The molecule has 4 rings (SSSR count). The molecular formula is C24H22N2O7. The van der Waals surface area contributed by atoms with Gasteiger partial charge in [0.15, 0.2) is 0 Å². The number of aliphatic hydroxyl groups is 1. The van der Waals surface area contributed by atoms with Gasteiger partial charge in [-0.3, -0.25) is 10.1 Å². The van der Waals surface area contributed by atoms with Crippen molar-refractivity contribution in [3.05, 3.63) is 77.7 Å². The van der Waals surface area contributed by atoms with Crippen LogP contribution in [0.2, 0.25) is 0 Å². The molecule has 0 bridgehead atoms. The molecule has 0 radical (unpaired) electrons. The highest BCUT2D eigenvalue weighted by Gasteiger charge is 2.29. The highest BCUT2D eigenvalue weighted by molar-refractivity contribution is 6.01. The molecule has 9 nitrogen and oxygen atoms in total. The van der Waals surface area contributed by atoms with Gasteiger partial charge in [-0.05, 0) is 22.3 Å². The molecule has 33 heavy (non-hydrogen) atoms. The Kier molecular flexibility index (Phi) is 6.41. The minimum absolute atomic E-state index is 0.0397. The third kappa shape index (κ3) is 4.58. The predicted molar refractivity (Wildman–Crippen MR) is 118 cm³/mol. The van der Waals surface area contributed by atoms with Gasteiger partial charge in [0.1, 0.15) is 12.6 Å². The maximum Gasteiger partial charge on any atom is 0.411 e. The fourth-order valence-corrected chi connectivity index (χ4v) is 3.94. The number of carbonyl (C=O) groups excluding carboxylic acids is 2. The number of hydrogen-bond acceptors (Lipinski definition) is 6. The average molecular weight is 450 g/mol. The largest absolute Gasteiger partial charge is 0.480 e. The first-order valence-corrected chi connectivity index (χ1v) is 10.3. The van der Waals surface area contributed by atoms with Gasteiger partial charge in [0.05, 0.1) is 12.0 Å². The second-order valence-corrected chi connectivity index (χ2v) is 7.49. The zero-order chi connectivity index (χ0) is 23.4. The van der Waals surface area contributed by atoms with Crippen molar-refractivity contribution < 1.29 is 33.8 Å². The van der Waals surface area contributed by atoms with Crippen LogP contribution in [0.25, 0.3) is 11.1 Å². The second kappa shape index (κ2) is 9.58. The number of carbonyl (C=O) groups is 3. The molecule has 170 valence electrons. The van der Waals surface area contributed by atoms with Crippen molar-refractivity contribution in [2.75, 3.05) is 18.5 Å². The number of amides is 2. The average Bonchev–Trinajstić information content (AvgIpc) is 3.40. The molecule has 0 aliphatic heterocycles. The predicted octanol–water partition coefficient (Wildman–Crippen LogP) is 3.21. The first-order chi connectivity index (χ1) is 16.0. The van der Waals surface area contributed by atoms with Crippen molar-refractivity contribution in [2.24, 2.45) is 0 Å². The van der Waals surface area contributed by atoms with Crippen LogP contribution in [0.1, 0.15) is 34.0 Å². The van der Waals surface area contributed by atoms with E-state index in [9.17, 15) is 14.4 Å². The van der Waals surface area contributed by atoms with Crippen LogP contribution in [-0.2, 0) is 9.53 Å². The van der Waals surface area contributed by atoms with Crippen LogP contribution in [0.15, 0.2) is 65.3 Å². The maximum absolute atomic E-state index is 12.5. The molecule has 0 saturated heterocycles. The quantitative estimate of drug-likeness (QED) is 0.413. The summed E-state index contributed by atoms with van der Waals surface area (Å²) in [5.41, 5.74) is 4.38. The molecule has 1 unspecified atom stereocenters. The van der Waals surface area contributed by atoms with Gasteiger partial charge in [0.25, 0.3) is 5.91 Å². The Labute approximate surface area is 189 Å². The number of nitrogens with one attached hydrogen (secondary N) is 2. The summed E-state index contributed by atoms with van der Waals surface area (Å²) in [7, 11) is 0. The van der Waals surface area contributed by atoms with E-state index in [0.29, 0.717) is 0 Å². The Balaban J connectivity index is 1.41. The van der Waals surface area contributed by atoms with Crippen molar-refractivity contribution in [1.82, 2.24) is 5.32 Å². The molecule has 0 saturated carbocycles. The monoisotopic (exact) mass is 450 g/mol. The summed E-state index contributed by atoms with van der Waals surface area (Å²) >= 11 is 0. The van der Waals surface area contributed by atoms with Crippen molar-refractivity contribution in [3.8, 4) is 11.1 Å². The Morgan fingerprint density at radius 2 is 1.64 bits per heavy atom. The zero-order valence-corrected chi connectivity index (χ0v) is 17.5. The van der Waals surface area contributed by atoms with Crippen LogP contribution in [0.3, 0.4) is 0 Å². The fourth-order valence-electron chi connectivity index (χ4n) is 3.94. The van der Waals surface area contributed by atoms with Crippen LogP contribution in [0.5, 0.6) is 0 Å². The number of aliphatic carboxylic acids is 1. The lowest BCUT2D eigenvalue weighted by Crippen LogP contribution is -2.41. The van der Waals surface area contributed by atoms with Crippen molar-refractivity contribution in [2.45, 2.75) is 18.4 Å². The number of carboxylic acids is 1. The van der Waals surface area contributed by atoms with Crippen molar-refractivity contribution >= 4 is 23.7 Å². The van der Waals surface area contributed by atoms with Gasteiger partial charge in [0.2, 0.25) is 5.76 Å². The maximum atomic E-state index is 12.5. The van der Waals surface area contributed by atoms with E-state index in [2.05, 4.69) is 10.6 Å². The van der Waals surface area contributed by atoms with E-state index in [0.717, 1.165) is 22.3 Å². The number of hydrogen-bond donors (Lipinski definition) is 4. The SMILES string of the molecule is O=C(Nc1ccoc1C(=O)NC(CCO)C(=O)O)OCC1c2ccccc2-c2ccccc21. The molecule has 1 aliphatic carbocycles. The summed E-state index contributed by atoms with van der Waals surface area (Å²) in [6, 6.07) is 15.9. The van der Waals surface area contributed by atoms with Gasteiger partial charge in [-0.2, -0.15) is 0 Å². The molecule has 0 spiro atoms. The van der Waals surface area contributed by atoms with E-state index in [1.807, 2.05) is 48.5 Å². The minimum atomic E-state index is -1.30. The Hall–Kier alpha value is -4.11. The van der Waals surface area contributed by atoms with Crippen LogP contribution < -0.4 is 10.6 Å². The molecule has 1 heterocycles. The Morgan fingerprint density at radius 1 is 1.00 bits per heavy atom. The van der Waals surface area contributed by atoms with Crippen LogP contribution in [-0.4, -0.2) is 47.4 Å². The standard InChI is InChI=1S/C24H22N2O7/c27-11-9-20(23(29)30)25-22(28)21-19(10-12-32-21)26-24(31)33-13-18-16-7-3-1-5-14(16)15-6-2-4-8-17(15)18/h1-8,10,12,18,20,27H,9,11,13H2,(H,25,28)(H,26,31)(H,29,30). The number of fused-ring (bicyclic) bond motifs is 3. The van der Waals surface area contributed by atoms with Gasteiger partial charge in [-0.1, -0.05) is 48.5 Å². The normalized spacial score (nSPS) is 13.0. The molecule has 2 aromatic carbocycles. The van der Waals surface area contributed by atoms with Crippen LogP contribution in [0.4, 0.5) is 10.5 Å². The minimum Gasteiger partial charge on any atom is -0.480 e. The Morgan fingerprint density at radius 3 is 2.24 bits per heavy atom. The third-order valence-corrected chi connectivity index (χ3v) is 5.47. The number of carboxylic acid groups (broad SMARTS) is 1. The summed E-state index contributed by atoms with van der Waals surface area (Å²) in [6.45, 7) is -0.322. The van der Waals surface area contributed by atoms with E-state index < -0.39 is 30.6 Å². The van der Waals surface area contributed by atoms with E-state index in [4.69, 9.17) is 19.4 Å². The summed E-state index contributed by atoms with van der Waals surface area (Å²) in [6.07, 6.45) is 0.240. The first kappa shape index (κ1) is 22.1. The van der Waals surface area contributed by atoms with Crippen LogP contribution >= 0.6 is 0 Å². The second-order valence-electron chi connectivity index (χ2n) is 7.49. The summed E-state index contributed by atoms with van der Waals surface area (Å²) in [5, 5.41) is 22.8. The number of benzene rings is 2. The first-order valence-electron chi connectivity index (χ1n) is 10.3. The highest BCUT2D eigenvalue weighted by Crippen LogP contribution is 2.44. The number of aliphatic hydroxyl groups excluding tert-OH is 1. The molecule has 2 amide bonds. The molecular weight excluding hydrogens is 428 g/mol. The van der Waals surface area contributed by atoms with Crippen molar-refractivity contribution in [1.29, 1.82) is 0 Å². The van der Waals surface area contributed by atoms with Crippen LogP contribution in [0, 0.1) is 0 Å². The Bertz CT molecular complexity index is 1140. The third-order valence-electron chi connectivity index (χ3n) is 5.47. The lowest BCUT2D eigenvalue weighted by atomic mass is 9.98. The summed E-state index contributed by atoms with van der Waals surface area (Å²) < 4.78 is 10.6. The molecule has 1 aromatic heterocycles. The van der Waals surface area contributed by atoms with Gasteiger partial charge < -0.3 is 24.7 Å². The van der Waals surface area contributed by atoms with E-state index in [1.165, 1.54) is 12.3 Å². The molecule has 1 aliphatic rings. The number of ether oxygens (including phenoxy) is 1. The number of anilines is 1. The van der Waals surface area contributed by atoms with Gasteiger partial charge in [-0.15, -0.1) is 0 Å². The molecule has 1 atom stereocenters. The molecule has 9 heteroatoms. The lowest BCUT2D eigenvalue weighted by Gasteiger charge is -2.15.